The number of rotatable bonds is 8. The van der Waals surface area contributed by atoms with Crippen LogP contribution in [0.2, 0.25) is 0 Å². The van der Waals surface area contributed by atoms with Crippen LogP contribution in [0.3, 0.4) is 0 Å². The van der Waals surface area contributed by atoms with Gasteiger partial charge >= 0.3 is 0 Å². The molecule has 0 bridgehead atoms. The summed E-state index contributed by atoms with van der Waals surface area (Å²) in [5.74, 6) is 1.11. The maximum Gasteiger partial charge on any atom is 0.0483 e. The number of hydrogen-bond donors (Lipinski definition) is 2. The molecule has 3 aromatic rings. The number of hydrogen-bond acceptors (Lipinski definition) is 3. The second-order valence-corrected chi connectivity index (χ2v) is 10.0. The minimum atomic E-state index is 0. The van der Waals surface area contributed by atoms with Gasteiger partial charge in [0.2, 0.25) is 0 Å². The summed E-state index contributed by atoms with van der Waals surface area (Å²) in [7, 11) is 0. The molecule has 1 unspecified atom stereocenters. The molecule has 0 radical (unpaired) electrons. The van der Waals surface area contributed by atoms with Gasteiger partial charge in [0.15, 0.2) is 0 Å². The number of nitrogens with zero attached hydrogens (tertiary/aromatic N) is 1. The minimum Gasteiger partial charge on any atom is -0.381 e. The predicted molar refractivity (Wildman–Crippen MR) is 144 cm³/mol. The fourth-order valence-corrected chi connectivity index (χ4v) is 5.76. The van der Waals surface area contributed by atoms with Gasteiger partial charge in [-0.25, -0.2) is 0 Å². The maximum atomic E-state index is 5.61. The van der Waals surface area contributed by atoms with E-state index in [0.717, 1.165) is 45.8 Å². The fourth-order valence-electron chi connectivity index (χ4n) is 5.76. The first-order chi connectivity index (χ1) is 16.3. The monoisotopic (exact) mass is 481 g/mol. The van der Waals surface area contributed by atoms with Crippen LogP contribution in [-0.2, 0) is 11.3 Å². The van der Waals surface area contributed by atoms with Gasteiger partial charge in [-0.05, 0) is 81.8 Å². The minimum absolute atomic E-state index is 0. The highest BCUT2D eigenvalue weighted by atomic mass is 35.5. The van der Waals surface area contributed by atoms with Crippen molar-refractivity contribution in [2.24, 2.45) is 5.92 Å². The van der Waals surface area contributed by atoms with E-state index in [4.69, 9.17) is 4.74 Å². The zero-order valence-corrected chi connectivity index (χ0v) is 21.3. The smallest absolute Gasteiger partial charge is 0.0483 e. The van der Waals surface area contributed by atoms with Crippen LogP contribution >= 0.6 is 12.4 Å². The molecule has 2 aromatic carbocycles. The van der Waals surface area contributed by atoms with Gasteiger partial charge in [-0.2, -0.15) is 0 Å². The highest BCUT2D eigenvalue weighted by Crippen LogP contribution is 2.35. The summed E-state index contributed by atoms with van der Waals surface area (Å²) in [5, 5.41) is 8.76. The molecular formula is C29H40ClN3O. The Hall–Kier alpha value is -1.85. The van der Waals surface area contributed by atoms with Crippen LogP contribution in [0.1, 0.15) is 54.7 Å². The van der Waals surface area contributed by atoms with Crippen molar-refractivity contribution in [1.29, 1.82) is 0 Å². The van der Waals surface area contributed by atoms with Crippen LogP contribution in [0.15, 0.2) is 54.7 Å². The second-order valence-electron chi connectivity index (χ2n) is 10.0. The third kappa shape index (κ3) is 6.04. The van der Waals surface area contributed by atoms with Crippen LogP contribution in [0, 0.1) is 12.8 Å². The number of halogens is 1. The molecule has 5 rings (SSSR count). The van der Waals surface area contributed by atoms with Gasteiger partial charge in [-0.15, -0.1) is 12.4 Å². The Morgan fingerprint density at radius 3 is 2.62 bits per heavy atom. The van der Waals surface area contributed by atoms with Crippen molar-refractivity contribution in [3.8, 4) is 0 Å². The molecular weight excluding hydrogens is 442 g/mol. The fraction of sp³-hybridized carbons (Fsp3) is 0.517. The summed E-state index contributed by atoms with van der Waals surface area (Å²) in [6.07, 6.45) is 8.40. The van der Waals surface area contributed by atoms with Crippen molar-refractivity contribution < 1.29 is 4.74 Å². The molecule has 0 amide bonds. The number of para-hydroxylation sites is 1. The van der Waals surface area contributed by atoms with Gasteiger partial charge in [0.05, 0.1) is 0 Å². The third-order valence-corrected chi connectivity index (χ3v) is 7.64. The Morgan fingerprint density at radius 1 is 1.03 bits per heavy atom. The van der Waals surface area contributed by atoms with Crippen molar-refractivity contribution in [2.45, 2.75) is 57.5 Å². The van der Waals surface area contributed by atoms with Crippen LogP contribution in [0.4, 0.5) is 0 Å². The second kappa shape index (κ2) is 12.2. The van der Waals surface area contributed by atoms with E-state index in [1.807, 2.05) is 0 Å². The summed E-state index contributed by atoms with van der Waals surface area (Å²) in [6, 6.07) is 18.8. The Morgan fingerprint density at radius 2 is 1.82 bits per heavy atom. The van der Waals surface area contributed by atoms with Gasteiger partial charge in [-0.1, -0.05) is 48.0 Å². The van der Waals surface area contributed by atoms with Crippen LogP contribution in [0.25, 0.3) is 10.9 Å². The largest absolute Gasteiger partial charge is 0.381 e. The van der Waals surface area contributed by atoms with E-state index < -0.39 is 0 Å². The molecule has 0 saturated carbocycles. The van der Waals surface area contributed by atoms with E-state index in [1.54, 1.807) is 0 Å². The van der Waals surface area contributed by atoms with Crippen molar-refractivity contribution in [2.75, 3.05) is 32.8 Å². The lowest BCUT2D eigenvalue weighted by Gasteiger charge is -2.25. The van der Waals surface area contributed by atoms with Gasteiger partial charge in [0.1, 0.15) is 0 Å². The molecule has 0 spiro atoms. The van der Waals surface area contributed by atoms with Crippen molar-refractivity contribution in [1.82, 2.24) is 15.2 Å². The summed E-state index contributed by atoms with van der Waals surface area (Å²) < 4.78 is 8.14. The zero-order valence-electron chi connectivity index (χ0n) is 20.5. The van der Waals surface area contributed by atoms with E-state index in [-0.39, 0.29) is 12.4 Å². The highest BCUT2D eigenvalue weighted by molar-refractivity contribution is 5.85. The molecule has 34 heavy (non-hydrogen) atoms. The van der Waals surface area contributed by atoms with Crippen molar-refractivity contribution in [3.63, 3.8) is 0 Å². The number of fused-ring (bicyclic) bond motifs is 1. The van der Waals surface area contributed by atoms with Crippen LogP contribution < -0.4 is 10.6 Å². The van der Waals surface area contributed by atoms with Crippen LogP contribution in [0.5, 0.6) is 0 Å². The molecule has 2 aliphatic rings. The molecule has 5 heteroatoms. The molecule has 3 heterocycles. The highest BCUT2D eigenvalue weighted by Gasteiger charge is 2.22. The van der Waals surface area contributed by atoms with E-state index >= 15 is 0 Å². The van der Waals surface area contributed by atoms with Gasteiger partial charge in [0.25, 0.3) is 0 Å². The topological polar surface area (TPSA) is 38.2 Å². The summed E-state index contributed by atoms with van der Waals surface area (Å²) in [6.45, 7) is 8.45. The Bertz CT molecular complexity index is 1040. The SMILES string of the molecule is Cc1cccc(C(CCNC2CCNCC2)c2cn(CC3CCOCC3)c3ccccc23)c1.Cl. The lowest BCUT2D eigenvalue weighted by atomic mass is 9.87. The number of ether oxygens (including phenoxy) is 1. The first-order valence-electron chi connectivity index (χ1n) is 12.9. The summed E-state index contributed by atoms with van der Waals surface area (Å²) >= 11 is 0. The molecule has 2 N–H and O–H groups in total. The molecule has 0 aliphatic carbocycles. The van der Waals surface area contributed by atoms with Gasteiger partial charge < -0.3 is 19.9 Å². The van der Waals surface area contributed by atoms with E-state index in [2.05, 4.69) is 76.9 Å². The molecule has 1 atom stereocenters. The molecule has 1 aromatic heterocycles. The third-order valence-electron chi connectivity index (χ3n) is 7.64. The normalized spacial score (nSPS) is 18.6. The lowest BCUT2D eigenvalue weighted by Crippen LogP contribution is -2.40. The Kier molecular flexibility index (Phi) is 9.07. The molecule has 2 aliphatic heterocycles. The number of piperidine rings is 1. The van der Waals surface area contributed by atoms with Crippen molar-refractivity contribution >= 4 is 23.3 Å². The lowest BCUT2D eigenvalue weighted by molar-refractivity contribution is 0.0616. The molecule has 2 fully saturated rings. The van der Waals surface area contributed by atoms with E-state index in [9.17, 15) is 0 Å². The molecule has 4 nitrogen and oxygen atoms in total. The number of aromatic nitrogens is 1. The summed E-state index contributed by atoms with van der Waals surface area (Å²) in [4.78, 5) is 0. The van der Waals surface area contributed by atoms with Gasteiger partial charge in [0, 0.05) is 48.8 Å². The Balaban J connectivity index is 0.00000274. The quantitative estimate of drug-likeness (QED) is 0.436. The standard InChI is InChI=1S/C29H39N3O.ClH/c1-22-5-4-6-24(19-22)26(11-16-31-25-9-14-30-15-10-25)28-21-32(20-23-12-17-33-18-13-23)29-8-3-2-7-27(28)29;/h2-8,19,21,23,25-26,30-31H,9-18,20H2,1H3;1H. The summed E-state index contributed by atoms with van der Waals surface area (Å²) in [5.41, 5.74) is 5.64. The predicted octanol–water partition coefficient (Wildman–Crippen LogP) is 5.66. The molecule has 184 valence electrons. The number of aryl methyl sites for hydroxylation is 1. The van der Waals surface area contributed by atoms with E-state index in [1.165, 1.54) is 53.3 Å². The average molecular weight is 482 g/mol. The average Bonchev–Trinajstić information content (AvgIpc) is 3.21. The number of benzene rings is 2. The first-order valence-corrected chi connectivity index (χ1v) is 12.9. The van der Waals surface area contributed by atoms with Gasteiger partial charge in [-0.3, -0.25) is 0 Å². The maximum absolute atomic E-state index is 5.61. The molecule has 2 saturated heterocycles. The van der Waals surface area contributed by atoms with Crippen molar-refractivity contribution in [3.05, 3.63) is 71.4 Å². The van der Waals surface area contributed by atoms with E-state index in [0.29, 0.717) is 17.9 Å². The zero-order chi connectivity index (χ0) is 22.5. The first kappa shape index (κ1) is 25.2. The Labute approximate surface area is 210 Å². The number of nitrogens with one attached hydrogen (secondary N) is 2. The van der Waals surface area contributed by atoms with Crippen LogP contribution in [-0.4, -0.2) is 43.5 Å².